The fourth-order valence-corrected chi connectivity index (χ4v) is 4.12. The molecule has 4 rings (SSSR count). The van der Waals surface area contributed by atoms with Crippen LogP contribution in [-0.2, 0) is 0 Å². The van der Waals surface area contributed by atoms with Crippen molar-refractivity contribution < 1.29 is 4.79 Å². The molecule has 1 atom stereocenters. The third-order valence-corrected chi connectivity index (χ3v) is 5.69. The van der Waals surface area contributed by atoms with Crippen LogP contribution in [0.15, 0.2) is 42.6 Å². The van der Waals surface area contributed by atoms with Gasteiger partial charge in [0.1, 0.15) is 5.52 Å². The van der Waals surface area contributed by atoms with Gasteiger partial charge in [0.05, 0.1) is 5.69 Å². The van der Waals surface area contributed by atoms with E-state index in [-0.39, 0.29) is 5.91 Å². The largest absolute Gasteiger partial charge is 0.352 e. The highest BCUT2D eigenvalue weighted by Crippen LogP contribution is 2.19. The predicted molar refractivity (Wildman–Crippen MR) is 113 cm³/mol. The number of nitrogens with zero attached hydrogens (tertiary/aromatic N) is 5. The molecule has 1 aliphatic rings. The topological polar surface area (TPSA) is 75.9 Å². The smallest absolute Gasteiger partial charge is 0.251 e. The Morgan fingerprint density at radius 2 is 2.17 bits per heavy atom. The average Bonchev–Trinajstić information content (AvgIpc) is 3.21. The fourth-order valence-electron chi connectivity index (χ4n) is 4.12. The van der Waals surface area contributed by atoms with Gasteiger partial charge in [0, 0.05) is 30.9 Å². The number of nitrogens with one attached hydrogen (secondary N) is 1. The van der Waals surface area contributed by atoms with E-state index in [1.165, 1.54) is 32.2 Å². The molecule has 1 amide bonds. The SMILES string of the molecule is CC[C@H]1CCCCN1CCCNC(=O)c1cccc(-n2nnc3cccnc32)c1. The van der Waals surface area contributed by atoms with Crippen molar-refractivity contribution >= 4 is 17.1 Å². The van der Waals surface area contributed by atoms with Crippen LogP contribution >= 0.6 is 0 Å². The third-order valence-electron chi connectivity index (χ3n) is 5.69. The van der Waals surface area contributed by atoms with Crippen LogP contribution in [0, 0.1) is 0 Å². The summed E-state index contributed by atoms with van der Waals surface area (Å²) in [5.41, 5.74) is 2.80. The van der Waals surface area contributed by atoms with E-state index in [0.717, 1.165) is 24.2 Å². The van der Waals surface area contributed by atoms with Gasteiger partial charge in [-0.1, -0.05) is 24.6 Å². The maximum atomic E-state index is 12.6. The molecule has 0 saturated carbocycles. The summed E-state index contributed by atoms with van der Waals surface area (Å²) >= 11 is 0. The Kier molecular flexibility index (Phi) is 6.14. The van der Waals surface area contributed by atoms with Gasteiger partial charge in [-0.05, 0) is 62.6 Å². The average molecular weight is 393 g/mol. The van der Waals surface area contributed by atoms with Crippen molar-refractivity contribution in [3.05, 3.63) is 48.2 Å². The van der Waals surface area contributed by atoms with Crippen molar-refractivity contribution in [3.8, 4) is 5.69 Å². The zero-order valence-electron chi connectivity index (χ0n) is 16.9. The van der Waals surface area contributed by atoms with Crippen LogP contribution in [0.5, 0.6) is 0 Å². The highest BCUT2D eigenvalue weighted by atomic mass is 16.1. The minimum absolute atomic E-state index is 0.0603. The van der Waals surface area contributed by atoms with Crippen LogP contribution in [-0.4, -0.2) is 56.5 Å². The zero-order valence-corrected chi connectivity index (χ0v) is 16.9. The fraction of sp³-hybridized carbons (Fsp3) is 0.455. The first-order chi connectivity index (χ1) is 14.3. The van der Waals surface area contributed by atoms with E-state index in [1.807, 2.05) is 36.4 Å². The molecule has 7 nitrogen and oxygen atoms in total. The molecule has 1 fully saturated rings. The first-order valence-corrected chi connectivity index (χ1v) is 10.6. The molecular weight excluding hydrogens is 364 g/mol. The number of rotatable bonds is 7. The molecule has 0 radical (unpaired) electrons. The van der Waals surface area contributed by atoms with Gasteiger partial charge in [-0.2, -0.15) is 4.68 Å². The highest BCUT2D eigenvalue weighted by Gasteiger charge is 2.20. The first-order valence-electron chi connectivity index (χ1n) is 10.6. The molecule has 0 bridgehead atoms. The van der Waals surface area contributed by atoms with Crippen LogP contribution in [0.2, 0.25) is 0 Å². The number of carbonyl (C=O) groups excluding carboxylic acids is 1. The summed E-state index contributed by atoms with van der Waals surface area (Å²) in [7, 11) is 0. The number of piperidine rings is 1. The quantitative estimate of drug-likeness (QED) is 0.625. The van der Waals surface area contributed by atoms with Gasteiger partial charge in [0.15, 0.2) is 5.65 Å². The lowest BCUT2D eigenvalue weighted by Gasteiger charge is -2.35. The Bertz CT molecular complexity index is 969. The molecule has 1 saturated heterocycles. The Hall–Kier alpha value is -2.80. The number of hydrogen-bond acceptors (Lipinski definition) is 5. The molecular formula is C22H28N6O. The summed E-state index contributed by atoms with van der Waals surface area (Å²) in [6.07, 6.45) is 7.84. The number of hydrogen-bond donors (Lipinski definition) is 1. The lowest BCUT2D eigenvalue weighted by molar-refractivity contribution is 0.0947. The van der Waals surface area contributed by atoms with Gasteiger partial charge in [0.2, 0.25) is 0 Å². The molecule has 3 heterocycles. The summed E-state index contributed by atoms with van der Waals surface area (Å²) in [6.45, 7) is 5.19. The molecule has 2 aromatic heterocycles. The Labute approximate surface area is 171 Å². The molecule has 3 aromatic rings. The summed E-state index contributed by atoms with van der Waals surface area (Å²) in [5, 5.41) is 11.4. The molecule has 1 N–H and O–H groups in total. The second kappa shape index (κ2) is 9.13. The normalized spacial score (nSPS) is 17.5. The van der Waals surface area contributed by atoms with E-state index in [4.69, 9.17) is 0 Å². The molecule has 1 aromatic carbocycles. The molecule has 29 heavy (non-hydrogen) atoms. The molecule has 1 aliphatic heterocycles. The number of amides is 1. The second-order valence-corrected chi connectivity index (χ2v) is 7.60. The standard InChI is InChI=1S/C22H28N6O/c1-2-18-9-3-4-14-27(18)15-7-13-24-22(29)17-8-5-10-19(16-17)28-21-20(25-26-28)11-6-12-23-21/h5-6,8,10-12,16,18H,2-4,7,9,13-15H2,1H3,(H,24,29)/t18-/m0/s1. The van der Waals surface area contributed by atoms with Crippen LogP contribution in [0.25, 0.3) is 16.9 Å². The van der Waals surface area contributed by atoms with Gasteiger partial charge < -0.3 is 10.2 Å². The maximum absolute atomic E-state index is 12.6. The molecule has 0 unspecified atom stereocenters. The number of likely N-dealkylation sites (tertiary alicyclic amines) is 1. The number of benzene rings is 1. The van der Waals surface area contributed by atoms with Crippen molar-refractivity contribution in [2.75, 3.05) is 19.6 Å². The highest BCUT2D eigenvalue weighted by molar-refractivity contribution is 5.94. The van der Waals surface area contributed by atoms with Crippen molar-refractivity contribution in [1.29, 1.82) is 0 Å². The number of carbonyl (C=O) groups is 1. The first kappa shape index (κ1) is 19.5. The lowest BCUT2D eigenvalue weighted by Crippen LogP contribution is -2.40. The van der Waals surface area contributed by atoms with E-state index in [9.17, 15) is 4.79 Å². The van der Waals surface area contributed by atoms with E-state index < -0.39 is 0 Å². The molecule has 152 valence electrons. The Balaban J connectivity index is 1.35. The monoisotopic (exact) mass is 392 g/mol. The summed E-state index contributed by atoms with van der Waals surface area (Å²) in [6, 6.07) is 11.8. The Morgan fingerprint density at radius 1 is 1.24 bits per heavy atom. The minimum Gasteiger partial charge on any atom is -0.352 e. The van der Waals surface area contributed by atoms with Crippen molar-refractivity contribution in [3.63, 3.8) is 0 Å². The van der Waals surface area contributed by atoms with E-state index in [0.29, 0.717) is 23.8 Å². The van der Waals surface area contributed by atoms with Gasteiger partial charge in [0.25, 0.3) is 5.91 Å². The van der Waals surface area contributed by atoms with Gasteiger partial charge >= 0.3 is 0 Å². The number of pyridine rings is 1. The van der Waals surface area contributed by atoms with Crippen LogP contribution in [0.3, 0.4) is 0 Å². The third kappa shape index (κ3) is 4.45. The van der Waals surface area contributed by atoms with Crippen molar-refractivity contribution in [1.82, 2.24) is 30.2 Å². The Morgan fingerprint density at radius 3 is 3.07 bits per heavy atom. The number of aromatic nitrogens is 4. The van der Waals surface area contributed by atoms with Crippen molar-refractivity contribution in [2.24, 2.45) is 0 Å². The molecule has 7 heteroatoms. The van der Waals surface area contributed by atoms with Crippen LogP contribution in [0.4, 0.5) is 0 Å². The zero-order chi connectivity index (χ0) is 20.1. The number of fused-ring (bicyclic) bond motifs is 1. The van der Waals surface area contributed by atoms with Gasteiger partial charge in [-0.3, -0.25) is 4.79 Å². The molecule has 0 aliphatic carbocycles. The van der Waals surface area contributed by atoms with Gasteiger partial charge in [-0.25, -0.2) is 4.98 Å². The van der Waals surface area contributed by atoms with Crippen molar-refractivity contribution in [2.45, 2.75) is 45.1 Å². The predicted octanol–water partition coefficient (Wildman–Crippen LogP) is 3.20. The second-order valence-electron chi connectivity index (χ2n) is 7.60. The molecule has 0 spiro atoms. The van der Waals surface area contributed by atoms with Crippen LogP contribution < -0.4 is 5.32 Å². The summed E-state index contributed by atoms with van der Waals surface area (Å²) in [4.78, 5) is 19.5. The van der Waals surface area contributed by atoms with E-state index >= 15 is 0 Å². The van der Waals surface area contributed by atoms with Gasteiger partial charge in [-0.15, -0.1) is 5.10 Å². The summed E-state index contributed by atoms with van der Waals surface area (Å²) < 4.78 is 1.66. The van der Waals surface area contributed by atoms with E-state index in [2.05, 4.69) is 32.4 Å². The minimum atomic E-state index is -0.0603. The lowest BCUT2D eigenvalue weighted by atomic mass is 10.00. The summed E-state index contributed by atoms with van der Waals surface area (Å²) in [5.74, 6) is -0.0603. The van der Waals surface area contributed by atoms with E-state index in [1.54, 1.807) is 10.9 Å². The van der Waals surface area contributed by atoms with Crippen LogP contribution in [0.1, 0.15) is 49.4 Å². The maximum Gasteiger partial charge on any atom is 0.251 e.